The molecule has 2 nitrogen and oxygen atoms in total. The van der Waals surface area contributed by atoms with E-state index in [1.807, 2.05) is 20.0 Å². The highest BCUT2D eigenvalue weighted by Crippen LogP contribution is 2.34. The molecule has 1 aromatic rings. The molecule has 1 aromatic carbocycles. The van der Waals surface area contributed by atoms with Crippen LogP contribution in [-0.2, 0) is 0 Å². The van der Waals surface area contributed by atoms with Gasteiger partial charge in [0.15, 0.2) is 11.6 Å². The fraction of sp³-hybridized carbons (Fsp3) is 0.647. The Bertz CT molecular complexity index is 435. The van der Waals surface area contributed by atoms with Crippen molar-refractivity contribution in [2.75, 3.05) is 7.05 Å². The number of hydrogen-bond acceptors (Lipinski definition) is 2. The van der Waals surface area contributed by atoms with Crippen LogP contribution in [0.15, 0.2) is 18.2 Å². The first-order chi connectivity index (χ1) is 9.67. The van der Waals surface area contributed by atoms with Crippen molar-refractivity contribution in [2.45, 2.75) is 58.1 Å². The molecule has 3 unspecified atom stereocenters. The molecule has 0 amide bonds. The van der Waals surface area contributed by atoms with Crippen LogP contribution < -0.4 is 10.1 Å². The zero-order valence-electron chi connectivity index (χ0n) is 12.8. The fourth-order valence-corrected chi connectivity index (χ4v) is 3.09. The molecule has 0 saturated heterocycles. The number of para-hydroxylation sites is 1. The zero-order valence-corrected chi connectivity index (χ0v) is 12.8. The van der Waals surface area contributed by atoms with Crippen molar-refractivity contribution >= 4 is 0 Å². The molecule has 0 heterocycles. The quantitative estimate of drug-likeness (QED) is 0.859. The van der Waals surface area contributed by atoms with E-state index in [1.165, 1.54) is 25.3 Å². The molecule has 3 heteroatoms. The van der Waals surface area contributed by atoms with Crippen LogP contribution >= 0.6 is 0 Å². The summed E-state index contributed by atoms with van der Waals surface area (Å²) >= 11 is 0. The normalized spacial score (nSPS) is 24.4. The summed E-state index contributed by atoms with van der Waals surface area (Å²) in [7, 11) is 1.88. The lowest BCUT2D eigenvalue weighted by Crippen LogP contribution is -2.31. The van der Waals surface area contributed by atoms with E-state index in [-0.39, 0.29) is 18.0 Å². The SMILES string of the molecule is CCC1CCCCC1Oc1c(F)cccc1C(C)NC. The van der Waals surface area contributed by atoms with Gasteiger partial charge >= 0.3 is 0 Å². The van der Waals surface area contributed by atoms with E-state index in [9.17, 15) is 4.39 Å². The summed E-state index contributed by atoms with van der Waals surface area (Å²) < 4.78 is 20.3. The van der Waals surface area contributed by atoms with Gasteiger partial charge in [-0.3, -0.25) is 0 Å². The minimum absolute atomic E-state index is 0.0874. The van der Waals surface area contributed by atoms with Crippen LogP contribution in [0.2, 0.25) is 0 Å². The molecule has 1 aliphatic carbocycles. The third kappa shape index (κ3) is 3.32. The second-order valence-corrected chi connectivity index (χ2v) is 5.78. The van der Waals surface area contributed by atoms with Crippen molar-refractivity contribution in [1.29, 1.82) is 0 Å². The van der Waals surface area contributed by atoms with Crippen molar-refractivity contribution < 1.29 is 9.13 Å². The van der Waals surface area contributed by atoms with E-state index < -0.39 is 0 Å². The predicted molar refractivity (Wildman–Crippen MR) is 80.5 cm³/mol. The van der Waals surface area contributed by atoms with Crippen LogP contribution in [-0.4, -0.2) is 13.2 Å². The van der Waals surface area contributed by atoms with Crippen molar-refractivity contribution in [3.05, 3.63) is 29.6 Å². The summed E-state index contributed by atoms with van der Waals surface area (Å²) in [5.74, 6) is 0.755. The molecular weight excluding hydrogens is 253 g/mol. The number of rotatable bonds is 5. The standard InChI is InChI=1S/C17H26FNO/c1-4-13-8-5-6-11-16(13)20-17-14(12(2)19-3)9-7-10-15(17)18/h7,9-10,12-13,16,19H,4-6,8,11H2,1-3H3. The maximum Gasteiger partial charge on any atom is 0.165 e. The van der Waals surface area contributed by atoms with Gasteiger partial charge in [-0.1, -0.05) is 25.5 Å². The first kappa shape index (κ1) is 15.3. The largest absolute Gasteiger partial charge is 0.487 e. The van der Waals surface area contributed by atoms with Crippen LogP contribution in [0.1, 0.15) is 57.6 Å². The molecule has 1 fully saturated rings. The number of ether oxygens (including phenoxy) is 1. The molecule has 0 spiro atoms. The summed E-state index contributed by atoms with van der Waals surface area (Å²) in [5.41, 5.74) is 0.910. The fourth-order valence-electron chi connectivity index (χ4n) is 3.09. The van der Waals surface area contributed by atoms with Gasteiger partial charge in [-0.2, -0.15) is 0 Å². The second-order valence-electron chi connectivity index (χ2n) is 5.78. The Morgan fingerprint density at radius 1 is 1.35 bits per heavy atom. The van der Waals surface area contributed by atoms with Crippen molar-refractivity contribution in [1.82, 2.24) is 5.32 Å². The van der Waals surface area contributed by atoms with E-state index >= 15 is 0 Å². The maximum atomic E-state index is 14.2. The minimum Gasteiger partial charge on any atom is -0.487 e. The number of benzene rings is 1. The van der Waals surface area contributed by atoms with Crippen LogP contribution in [0.4, 0.5) is 4.39 Å². The minimum atomic E-state index is -0.245. The summed E-state index contributed by atoms with van der Waals surface area (Å²) in [4.78, 5) is 0. The maximum absolute atomic E-state index is 14.2. The van der Waals surface area contributed by atoms with E-state index in [0.29, 0.717) is 11.7 Å². The predicted octanol–water partition coefficient (Wildman–Crippen LogP) is 4.45. The second kappa shape index (κ2) is 7.07. The number of halogens is 1. The van der Waals surface area contributed by atoms with Crippen LogP contribution in [0.5, 0.6) is 5.75 Å². The summed E-state index contributed by atoms with van der Waals surface area (Å²) in [6.45, 7) is 4.23. The molecular formula is C17H26FNO. The van der Waals surface area contributed by atoms with Gasteiger partial charge in [0.2, 0.25) is 0 Å². The topological polar surface area (TPSA) is 21.3 Å². The molecule has 0 bridgehead atoms. The van der Waals surface area contributed by atoms with E-state index in [2.05, 4.69) is 12.2 Å². The summed E-state index contributed by atoms with van der Waals surface area (Å²) in [6, 6.07) is 5.28. The van der Waals surface area contributed by atoms with Crippen molar-refractivity contribution in [3.8, 4) is 5.75 Å². The molecule has 20 heavy (non-hydrogen) atoms. The average Bonchev–Trinajstić information content (AvgIpc) is 2.49. The molecule has 2 rings (SSSR count). The van der Waals surface area contributed by atoms with Gasteiger partial charge in [0.1, 0.15) is 6.10 Å². The van der Waals surface area contributed by atoms with Gasteiger partial charge in [-0.15, -0.1) is 0 Å². The highest BCUT2D eigenvalue weighted by Gasteiger charge is 2.27. The van der Waals surface area contributed by atoms with Gasteiger partial charge in [0, 0.05) is 11.6 Å². The Balaban J connectivity index is 2.23. The Morgan fingerprint density at radius 3 is 2.80 bits per heavy atom. The van der Waals surface area contributed by atoms with Crippen LogP contribution in [0.25, 0.3) is 0 Å². The van der Waals surface area contributed by atoms with Crippen molar-refractivity contribution in [2.24, 2.45) is 5.92 Å². The van der Waals surface area contributed by atoms with E-state index in [4.69, 9.17) is 4.74 Å². The highest BCUT2D eigenvalue weighted by molar-refractivity contribution is 5.37. The van der Waals surface area contributed by atoms with Gasteiger partial charge in [0.25, 0.3) is 0 Å². The van der Waals surface area contributed by atoms with Gasteiger partial charge < -0.3 is 10.1 Å². The van der Waals surface area contributed by atoms with Gasteiger partial charge in [-0.05, 0) is 51.6 Å². The third-order valence-electron chi connectivity index (χ3n) is 4.53. The number of nitrogens with one attached hydrogen (secondary N) is 1. The molecule has 3 atom stereocenters. The lowest BCUT2D eigenvalue weighted by Gasteiger charge is -2.32. The molecule has 0 radical (unpaired) electrons. The summed E-state index contributed by atoms with van der Waals surface area (Å²) in [5, 5.41) is 3.16. The molecule has 0 aromatic heterocycles. The Morgan fingerprint density at radius 2 is 2.10 bits per heavy atom. The lowest BCUT2D eigenvalue weighted by molar-refractivity contribution is 0.0847. The molecule has 1 aliphatic rings. The zero-order chi connectivity index (χ0) is 14.5. The Labute approximate surface area is 121 Å². The first-order valence-corrected chi connectivity index (χ1v) is 7.79. The Kier molecular flexibility index (Phi) is 5.41. The highest BCUT2D eigenvalue weighted by atomic mass is 19.1. The van der Waals surface area contributed by atoms with E-state index in [1.54, 1.807) is 6.07 Å². The lowest BCUT2D eigenvalue weighted by atomic mass is 9.84. The monoisotopic (exact) mass is 279 g/mol. The summed E-state index contributed by atoms with van der Waals surface area (Å²) in [6.07, 6.45) is 5.97. The number of hydrogen-bond donors (Lipinski definition) is 1. The van der Waals surface area contributed by atoms with Gasteiger partial charge in [-0.25, -0.2) is 4.39 Å². The van der Waals surface area contributed by atoms with Crippen LogP contribution in [0, 0.1) is 11.7 Å². The smallest absolute Gasteiger partial charge is 0.165 e. The van der Waals surface area contributed by atoms with Crippen LogP contribution in [0.3, 0.4) is 0 Å². The molecule has 1 saturated carbocycles. The van der Waals surface area contributed by atoms with Crippen molar-refractivity contribution in [3.63, 3.8) is 0 Å². The molecule has 0 aliphatic heterocycles. The van der Waals surface area contributed by atoms with Gasteiger partial charge in [0.05, 0.1) is 0 Å². The molecule has 1 N–H and O–H groups in total. The third-order valence-corrected chi connectivity index (χ3v) is 4.53. The van der Waals surface area contributed by atoms with E-state index in [0.717, 1.165) is 18.4 Å². The molecule has 112 valence electrons. The first-order valence-electron chi connectivity index (χ1n) is 7.79. The average molecular weight is 279 g/mol. The Hall–Kier alpha value is -1.09.